The van der Waals surface area contributed by atoms with E-state index in [4.69, 9.17) is 9.84 Å². The van der Waals surface area contributed by atoms with Crippen LogP contribution in [0.4, 0.5) is 5.82 Å². The Morgan fingerprint density at radius 2 is 2.00 bits per heavy atom. The summed E-state index contributed by atoms with van der Waals surface area (Å²) in [6.07, 6.45) is 5.06. The van der Waals surface area contributed by atoms with Gasteiger partial charge in [0.25, 0.3) is 0 Å². The number of fused-ring (bicyclic) bond motifs is 1. The number of aliphatic hydroxyl groups excluding tert-OH is 1. The predicted octanol–water partition coefficient (Wildman–Crippen LogP) is 3.10. The van der Waals surface area contributed by atoms with Crippen molar-refractivity contribution in [3.8, 4) is 17.0 Å². The number of para-hydroxylation sites is 1. The van der Waals surface area contributed by atoms with Crippen LogP contribution in [0.25, 0.3) is 22.3 Å². The molecular weight excluding hydrogens is 380 g/mol. The molecule has 0 saturated carbocycles. The summed E-state index contributed by atoms with van der Waals surface area (Å²) in [6, 6.07) is 11.9. The highest BCUT2D eigenvalue weighted by Gasteiger charge is 2.12. The molecule has 3 aromatic heterocycles. The van der Waals surface area contributed by atoms with Crippen LogP contribution in [0.15, 0.2) is 55.1 Å². The fourth-order valence-electron chi connectivity index (χ4n) is 3.42. The van der Waals surface area contributed by atoms with Gasteiger partial charge in [0.15, 0.2) is 5.65 Å². The number of nitrogens with zero attached hydrogens (tertiary/aromatic N) is 5. The van der Waals surface area contributed by atoms with Crippen molar-refractivity contribution in [1.29, 1.82) is 0 Å². The second-order valence-electron chi connectivity index (χ2n) is 7.04. The number of methoxy groups -OCH3 is 1. The summed E-state index contributed by atoms with van der Waals surface area (Å²) in [7, 11) is 1.69. The smallest absolute Gasteiger partial charge is 0.157 e. The number of benzene rings is 1. The molecule has 8 nitrogen and oxygen atoms in total. The average molecular weight is 404 g/mol. The minimum absolute atomic E-state index is 0.0223. The summed E-state index contributed by atoms with van der Waals surface area (Å²) in [5.41, 5.74) is 3.55. The molecule has 0 bridgehead atoms. The Balaban J connectivity index is 1.51. The van der Waals surface area contributed by atoms with Gasteiger partial charge in [0.1, 0.15) is 17.9 Å². The number of anilines is 1. The lowest BCUT2D eigenvalue weighted by molar-refractivity contribution is 0.271. The molecule has 0 spiro atoms. The van der Waals surface area contributed by atoms with Gasteiger partial charge in [0.05, 0.1) is 32.2 Å². The van der Waals surface area contributed by atoms with Gasteiger partial charge >= 0.3 is 0 Å². The SMILES string of the molecule is COc1ccccc1[C@H](C)CNc1cc(-c2cnc3c(cnn3CCO)c2)ncn1. The van der Waals surface area contributed by atoms with Gasteiger partial charge in [-0.2, -0.15) is 5.10 Å². The van der Waals surface area contributed by atoms with Gasteiger partial charge in [0.2, 0.25) is 0 Å². The van der Waals surface area contributed by atoms with E-state index in [1.54, 1.807) is 30.5 Å². The molecule has 0 saturated heterocycles. The van der Waals surface area contributed by atoms with E-state index in [0.29, 0.717) is 13.1 Å². The summed E-state index contributed by atoms with van der Waals surface area (Å²) < 4.78 is 7.15. The Morgan fingerprint density at radius 1 is 1.13 bits per heavy atom. The largest absolute Gasteiger partial charge is 0.496 e. The maximum atomic E-state index is 9.13. The zero-order valence-electron chi connectivity index (χ0n) is 17.0. The van der Waals surface area contributed by atoms with Crippen LogP contribution in [-0.4, -0.2) is 50.1 Å². The Labute approximate surface area is 174 Å². The Hall–Kier alpha value is -3.52. The van der Waals surface area contributed by atoms with Gasteiger partial charge < -0.3 is 15.2 Å². The second kappa shape index (κ2) is 8.87. The first kappa shape index (κ1) is 19.8. The van der Waals surface area contributed by atoms with Crippen LogP contribution < -0.4 is 10.1 Å². The van der Waals surface area contributed by atoms with Crippen molar-refractivity contribution < 1.29 is 9.84 Å². The van der Waals surface area contributed by atoms with Crippen LogP contribution in [0.1, 0.15) is 18.4 Å². The van der Waals surface area contributed by atoms with E-state index in [2.05, 4.69) is 38.4 Å². The highest BCUT2D eigenvalue weighted by atomic mass is 16.5. The first-order valence-electron chi connectivity index (χ1n) is 9.81. The Bertz CT molecular complexity index is 1140. The van der Waals surface area contributed by atoms with E-state index in [-0.39, 0.29) is 12.5 Å². The van der Waals surface area contributed by atoms with E-state index < -0.39 is 0 Å². The zero-order chi connectivity index (χ0) is 20.9. The number of aliphatic hydroxyl groups is 1. The van der Waals surface area contributed by atoms with Crippen molar-refractivity contribution in [2.75, 3.05) is 25.6 Å². The molecule has 0 aliphatic carbocycles. The minimum atomic E-state index is 0.0223. The molecule has 3 heterocycles. The first-order valence-corrected chi connectivity index (χ1v) is 9.81. The highest BCUT2D eigenvalue weighted by molar-refractivity contribution is 5.80. The summed E-state index contributed by atoms with van der Waals surface area (Å²) in [5, 5.41) is 17.7. The number of aromatic nitrogens is 5. The van der Waals surface area contributed by atoms with Gasteiger partial charge in [0, 0.05) is 35.7 Å². The maximum absolute atomic E-state index is 9.13. The molecule has 0 amide bonds. The Morgan fingerprint density at radius 3 is 2.83 bits per heavy atom. The zero-order valence-corrected chi connectivity index (χ0v) is 17.0. The number of rotatable bonds is 8. The molecule has 2 N–H and O–H groups in total. The summed E-state index contributed by atoms with van der Waals surface area (Å²) in [6.45, 7) is 3.30. The lowest BCUT2D eigenvalue weighted by atomic mass is 10.00. The maximum Gasteiger partial charge on any atom is 0.157 e. The van der Waals surface area contributed by atoms with E-state index in [1.807, 2.05) is 30.3 Å². The standard InChI is InChI=1S/C22H24N6O2/c1-15(18-5-3-4-6-20(18)30-2)11-23-21-10-19(25-14-26-21)16-9-17-13-27-28(7-8-29)22(17)24-12-16/h3-6,9-10,12-15,29H,7-8,11H2,1-2H3,(H,23,25,26)/t15-/m1/s1. The average Bonchev–Trinajstić information content (AvgIpc) is 3.20. The number of pyridine rings is 1. The fraction of sp³-hybridized carbons (Fsp3) is 0.273. The molecule has 1 atom stereocenters. The molecule has 4 aromatic rings. The molecule has 4 rings (SSSR count). The molecule has 0 unspecified atom stereocenters. The molecule has 8 heteroatoms. The number of ether oxygens (including phenoxy) is 1. The van der Waals surface area contributed by atoms with Crippen LogP contribution in [0.3, 0.4) is 0 Å². The normalized spacial score (nSPS) is 12.1. The molecule has 30 heavy (non-hydrogen) atoms. The van der Waals surface area contributed by atoms with Crippen molar-refractivity contribution in [3.63, 3.8) is 0 Å². The monoisotopic (exact) mass is 404 g/mol. The molecule has 154 valence electrons. The van der Waals surface area contributed by atoms with E-state index >= 15 is 0 Å². The van der Waals surface area contributed by atoms with Gasteiger partial charge in [-0.25, -0.2) is 19.6 Å². The lowest BCUT2D eigenvalue weighted by Gasteiger charge is -2.16. The third kappa shape index (κ3) is 4.08. The first-order chi connectivity index (χ1) is 14.7. The van der Waals surface area contributed by atoms with Crippen LogP contribution in [0, 0.1) is 0 Å². The van der Waals surface area contributed by atoms with E-state index in [0.717, 1.165) is 39.4 Å². The van der Waals surface area contributed by atoms with Crippen molar-refractivity contribution >= 4 is 16.9 Å². The fourth-order valence-corrected chi connectivity index (χ4v) is 3.42. The third-order valence-electron chi connectivity index (χ3n) is 5.01. The van der Waals surface area contributed by atoms with Crippen LogP contribution in [0.5, 0.6) is 5.75 Å². The quantitative estimate of drug-likeness (QED) is 0.466. The number of hydrogen-bond donors (Lipinski definition) is 2. The number of hydrogen-bond acceptors (Lipinski definition) is 7. The highest BCUT2D eigenvalue weighted by Crippen LogP contribution is 2.27. The van der Waals surface area contributed by atoms with Gasteiger partial charge in [-0.3, -0.25) is 0 Å². The van der Waals surface area contributed by atoms with Gasteiger partial charge in [-0.1, -0.05) is 25.1 Å². The van der Waals surface area contributed by atoms with Gasteiger partial charge in [-0.15, -0.1) is 0 Å². The molecule has 0 aliphatic heterocycles. The second-order valence-corrected chi connectivity index (χ2v) is 7.04. The molecule has 0 aliphatic rings. The van der Waals surface area contributed by atoms with E-state index in [9.17, 15) is 0 Å². The minimum Gasteiger partial charge on any atom is -0.496 e. The van der Waals surface area contributed by atoms with Crippen LogP contribution in [-0.2, 0) is 6.54 Å². The molecular formula is C22H24N6O2. The number of nitrogens with one attached hydrogen (secondary N) is 1. The summed E-state index contributed by atoms with van der Waals surface area (Å²) >= 11 is 0. The lowest BCUT2D eigenvalue weighted by Crippen LogP contribution is -2.12. The van der Waals surface area contributed by atoms with Crippen molar-refractivity contribution in [1.82, 2.24) is 24.7 Å². The van der Waals surface area contributed by atoms with Gasteiger partial charge in [-0.05, 0) is 17.7 Å². The topological polar surface area (TPSA) is 98.0 Å². The van der Waals surface area contributed by atoms with Crippen LogP contribution in [0.2, 0.25) is 0 Å². The molecule has 0 radical (unpaired) electrons. The van der Waals surface area contributed by atoms with E-state index in [1.165, 1.54) is 0 Å². The van der Waals surface area contributed by atoms with Crippen molar-refractivity contribution in [3.05, 3.63) is 60.7 Å². The predicted molar refractivity (Wildman–Crippen MR) is 116 cm³/mol. The third-order valence-corrected chi connectivity index (χ3v) is 5.01. The summed E-state index contributed by atoms with van der Waals surface area (Å²) in [4.78, 5) is 13.2. The van der Waals surface area contributed by atoms with Crippen molar-refractivity contribution in [2.24, 2.45) is 0 Å². The summed E-state index contributed by atoms with van der Waals surface area (Å²) in [5.74, 6) is 1.88. The van der Waals surface area contributed by atoms with Crippen LogP contribution >= 0.6 is 0 Å². The Kier molecular flexibility index (Phi) is 5.85. The van der Waals surface area contributed by atoms with Crippen molar-refractivity contribution in [2.45, 2.75) is 19.4 Å². The molecule has 0 fully saturated rings. The molecule has 1 aromatic carbocycles.